The Morgan fingerprint density at radius 3 is 2.89 bits per heavy atom. The molecule has 1 N–H and O–H groups in total. The van der Waals surface area contributed by atoms with Crippen LogP contribution in [0.1, 0.15) is 23.9 Å². The van der Waals surface area contributed by atoms with Gasteiger partial charge in [0, 0.05) is 31.9 Å². The maximum Gasteiger partial charge on any atom is 0.123 e. The molecule has 0 aliphatic carbocycles. The normalized spacial score (nSPS) is 10.8. The van der Waals surface area contributed by atoms with Crippen molar-refractivity contribution >= 4 is 0 Å². The highest BCUT2D eigenvalue weighted by Crippen LogP contribution is 2.15. The van der Waals surface area contributed by atoms with E-state index in [1.807, 2.05) is 19.3 Å². The van der Waals surface area contributed by atoms with Crippen LogP contribution in [-0.2, 0) is 19.5 Å². The molecule has 1 aromatic carbocycles. The summed E-state index contributed by atoms with van der Waals surface area (Å²) >= 11 is 0. The van der Waals surface area contributed by atoms with Crippen LogP contribution in [0.4, 0.5) is 4.39 Å². The molecule has 1 aromatic heterocycles. The second-order valence-electron chi connectivity index (χ2n) is 4.25. The Morgan fingerprint density at radius 1 is 1.33 bits per heavy atom. The van der Waals surface area contributed by atoms with Crippen molar-refractivity contribution in [3.05, 3.63) is 53.4 Å². The molecule has 1 heterocycles. The van der Waals surface area contributed by atoms with E-state index in [0.29, 0.717) is 6.54 Å². The minimum atomic E-state index is -0.192. The third-order valence-electron chi connectivity index (χ3n) is 3.03. The van der Waals surface area contributed by atoms with E-state index in [1.165, 1.54) is 6.07 Å². The van der Waals surface area contributed by atoms with Crippen molar-refractivity contribution in [2.45, 2.75) is 26.4 Å². The van der Waals surface area contributed by atoms with E-state index < -0.39 is 0 Å². The zero-order valence-corrected chi connectivity index (χ0v) is 10.8. The number of hydrogen-bond donors (Lipinski definition) is 1. The molecule has 0 fully saturated rings. The molecular weight excluding hydrogens is 229 g/mol. The average Bonchev–Trinajstić information content (AvgIpc) is 2.80. The van der Waals surface area contributed by atoms with Gasteiger partial charge in [-0.05, 0) is 37.2 Å². The number of aryl methyl sites for hydroxylation is 1. The molecular formula is C14H18FN3. The van der Waals surface area contributed by atoms with Crippen LogP contribution >= 0.6 is 0 Å². The first-order chi connectivity index (χ1) is 8.74. The molecule has 18 heavy (non-hydrogen) atoms. The number of nitrogens with one attached hydrogen (secondary N) is 1. The van der Waals surface area contributed by atoms with Gasteiger partial charge in [-0.1, -0.05) is 6.07 Å². The fraction of sp³-hybridized carbons (Fsp3) is 0.357. The second kappa shape index (κ2) is 5.78. The quantitative estimate of drug-likeness (QED) is 0.879. The molecule has 0 aliphatic rings. The maximum atomic E-state index is 13.2. The monoisotopic (exact) mass is 247 g/mol. The number of nitrogens with zero attached hydrogens (tertiary/aromatic N) is 2. The Morgan fingerprint density at radius 2 is 2.17 bits per heavy atom. The lowest BCUT2D eigenvalue weighted by Crippen LogP contribution is -2.10. The topological polar surface area (TPSA) is 29.9 Å². The van der Waals surface area contributed by atoms with Gasteiger partial charge >= 0.3 is 0 Å². The maximum absolute atomic E-state index is 13.2. The van der Waals surface area contributed by atoms with Gasteiger partial charge in [0.05, 0.1) is 0 Å². The number of halogens is 1. The predicted molar refractivity (Wildman–Crippen MR) is 69.9 cm³/mol. The van der Waals surface area contributed by atoms with Gasteiger partial charge in [-0.15, -0.1) is 0 Å². The Labute approximate surface area is 107 Å². The van der Waals surface area contributed by atoms with Crippen molar-refractivity contribution in [1.29, 1.82) is 0 Å². The molecule has 96 valence electrons. The molecule has 0 saturated carbocycles. The van der Waals surface area contributed by atoms with Crippen LogP contribution in [0.15, 0.2) is 30.6 Å². The largest absolute Gasteiger partial charge is 0.335 e. The Balaban J connectivity index is 2.28. The van der Waals surface area contributed by atoms with E-state index >= 15 is 0 Å². The molecule has 0 atom stereocenters. The molecule has 3 nitrogen and oxygen atoms in total. The number of aromatic nitrogens is 2. The summed E-state index contributed by atoms with van der Waals surface area (Å²) in [6, 6.07) is 4.94. The van der Waals surface area contributed by atoms with Crippen molar-refractivity contribution < 1.29 is 4.39 Å². The molecule has 0 amide bonds. The minimum Gasteiger partial charge on any atom is -0.335 e. The van der Waals surface area contributed by atoms with Gasteiger partial charge in [0.25, 0.3) is 0 Å². The Kier molecular flexibility index (Phi) is 4.10. The van der Waals surface area contributed by atoms with E-state index in [9.17, 15) is 4.39 Å². The van der Waals surface area contributed by atoms with Crippen LogP contribution in [0.25, 0.3) is 0 Å². The number of rotatable bonds is 5. The lowest BCUT2D eigenvalue weighted by molar-refractivity contribution is 0.621. The fourth-order valence-electron chi connectivity index (χ4n) is 2.09. The van der Waals surface area contributed by atoms with Gasteiger partial charge in [-0.25, -0.2) is 9.37 Å². The summed E-state index contributed by atoms with van der Waals surface area (Å²) < 4.78 is 15.3. The van der Waals surface area contributed by atoms with E-state index in [1.54, 1.807) is 12.3 Å². The molecule has 0 aliphatic heterocycles. The van der Waals surface area contributed by atoms with Gasteiger partial charge in [-0.2, -0.15) is 0 Å². The molecule has 0 radical (unpaired) electrons. The number of benzene rings is 1. The second-order valence-corrected chi connectivity index (χ2v) is 4.25. The molecule has 0 saturated heterocycles. The smallest absolute Gasteiger partial charge is 0.123 e. The lowest BCUT2D eigenvalue weighted by atomic mass is 10.0. The number of imidazole rings is 1. The summed E-state index contributed by atoms with van der Waals surface area (Å²) in [6.07, 6.45) is 4.51. The molecule has 0 spiro atoms. The molecule has 4 heteroatoms. The van der Waals surface area contributed by atoms with E-state index in [2.05, 4.69) is 21.8 Å². The van der Waals surface area contributed by atoms with Gasteiger partial charge in [0.15, 0.2) is 0 Å². The van der Waals surface area contributed by atoms with Crippen molar-refractivity contribution in [1.82, 2.24) is 14.9 Å². The van der Waals surface area contributed by atoms with Crippen molar-refractivity contribution in [3.63, 3.8) is 0 Å². The van der Waals surface area contributed by atoms with Crippen molar-refractivity contribution in [2.75, 3.05) is 7.05 Å². The first kappa shape index (κ1) is 12.8. The summed E-state index contributed by atoms with van der Waals surface area (Å²) in [5.74, 6) is 0.823. The average molecular weight is 247 g/mol. The molecule has 0 unspecified atom stereocenters. The summed E-state index contributed by atoms with van der Waals surface area (Å²) in [5.41, 5.74) is 2.11. The van der Waals surface area contributed by atoms with E-state index in [0.717, 1.165) is 29.9 Å². The third-order valence-corrected chi connectivity index (χ3v) is 3.03. The Hall–Kier alpha value is -1.68. The van der Waals surface area contributed by atoms with Crippen molar-refractivity contribution in [3.8, 4) is 0 Å². The standard InChI is InChI=1S/C14H18FN3/c1-3-18-7-6-17-14(18)9-11-4-5-13(15)8-12(11)10-16-2/h4-8,16H,3,9-10H2,1-2H3. The third kappa shape index (κ3) is 2.76. The van der Waals surface area contributed by atoms with Gasteiger partial charge in [0.2, 0.25) is 0 Å². The van der Waals surface area contributed by atoms with Gasteiger partial charge < -0.3 is 9.88 Å². The highest BCUT2D eigenvalue weighted by molar-refractivity contribution is 5.30. The minimum absolute atomic E-state index is 0.192. The highest BCUT2D eigenvalue weighted by atomic mass is 19.1. The first-order valence-electron chi connectivity index (χ1n) is 6.16. The first-order valence-corrected chi connectivity index (χ1v) is 6.16. The molecule has 2 rings (SSSR count). The summed E-state index contributed by atoms with van der Waals surface area (Å²) in [7, 11) is 1.86. The van der Waals surface area contributed by atoms with Crippen LogP contribution in [-0.4, -0.2) is 16.6 Å². The lowest BCUT2D eigenvalue weighted by Gasteiger charge is -2.10. The number of hydrogen-bond acceptors (Lipinski definition) is 2. The van der Waals surface area contributed by atoms with Crippen LogP contribution in [0.2, 0.25) is 0 Å². The van der Waals surface area contributed by atoms with Crippen LogP contribution < -0.4 is 5.32 Å². The summed E-state index contributed by atoms with van der Waals surface area (Å²) in [5, 5.41) is 3.07. The zero-order valence-electron chi connectivity index (χ0n) is 10.8. The van der Waals surface area contributed by atoms with Crippen LogP contribution in [0, 0.1) is 5.82 Å². The molecule has 2 aromatic rings. The zero-order chi connectivity index (χ0) is 13.0. The summed E-state index contributed by atoms with van der Waals surface area (Å²) in [6.45, 7) is 3.65. The fourth-order valence-corrected chi connectivity index (χ4v) is 2.09. The van der Waals surface area contributed by atoms with Crippen LogP contribution in [0.3, 0.4) is 0 Å². The van der Waals surface area contributed by atoms with Gasteiger partial charge in [0.1, 0.15) is 11.6 Å². The predicted octanol–water partition coefficient (Wildman–Crippen LogP) is 2.35. The Bertz CT molecular complexity index is 520. The SMILES string of the molecule is CCn1ccnc1Cc1ccc(F)cc1CNC. The van der Waals surface area contributed by atoms with E-state index in [-0.39, 0.29) is 5.82 Å². The highest BCUT2D eigenvalue weighted by Gasteiger charge is 2.08. The van der Waals surface area contributed by atoms with Gasteiger partial charge in [-0.3, -0.25) is 0 Å². The van der Waals surface area contributed by atoms with E-state index in [4.69, 9.17) is 0 Å². The summed E-state index contributed by atoms with van der Waals surface area (Å²) in [4.78, 5) is 4.35. The molecule has 0 bridgehead atoms. The van der Waals surface area contributed by atoms with Crippen LogP contribution in [0.5, 0.6) is 0 Å². The van der Waals surface area contributed by atoms with Crippen molar-refractivity contribution in [2.24, 2.45) is 0 Å².